The molecule has 0 saturated heterocycles. The lowest BCUT2D eigenvalue weighted by Crippen LogP contribution is -2.23. The Morgan fingerprint density at radius 2 is 1.21 bits per heavy atom. The van der Waals surface area contributed by atoms with Gasteiger partial charge in [-0.3, -0.25) is 9.59 Å². The number of rotatable bonds is 2. The van der Waals surface area contributed by atoms with Crippen LogP contribution in [0.1, 0.15) is 31.8 Å². The number of nitrogens with two attached hydrogens (primary N) is 1. The molecule has 0 aliphatic heterocycles. The first-order valence-electron chi connectivity index (χ1n) is 8.91. The first-order chi connectivity index (χ1) is 13.6. The van der Waals surface area contributed by atoms with Crippen molar-refractivity contribution in [3.05, 3.63) is 101 Å². The molecular formula is C24H15NO2S. The van der Waals surface area contributed by atoms with Crippen LogP contribution in [-0.4, -0.2) is 11.6 Å². The molecule has 0 fully saturated rings. The van der Waals surface area contributed by atoms with E-state index in [1.807, 2.05) is 36.4 Å². The van der Waals surface area contributed by atoms with Crippen molar-refractivity contribution in [1.29, 1.82) is 0 Å². The van der Waals surface area contributed by atoms with Gasteiger partial charge in [-0.05, 0) is 29.0 Å². The molecule has 1 aliphatic rings. The van der Waals surface area contributed by atoms with Crippen molar-refractivity contribution < 1.29 is 9.59 Å². The Kier molecular flexibility index (Phi) is 3.81. The van der Waals surface area contributed by atoms with Crippen LogP contribution in [0.2, 0.25) is 0 Å². The van der Waals surface area contributed by atoms with E-state index in [0.717, 1.165) is 20.6 Å². The minimum Gasteiger partial charge on any atom is -0.398 e. The lowest BCUT2D eigenvalue weighted by atomic mass is 9.83. The summed E-state index contributed by atoms with van der Waals surface area (Å²) in [4.78, 5) is 28.1. The summed E-state index contributed by atoms with van der Waals surface area (Å²) in [7, 11) is 0. The molecular weight excluding hydrogens is 366 g/mol. The highest BCUT2D eigenvalue weighted by Crippen LogP contribution is 2.40. The van der Waals surface area contributed by atoms with Crippen molar-refractivity contribution in [3.63, 3.8) is 0 Å². The number of ketones is 2. The molecule has 0 radical (unpaired) electrons. The Morgan fingerprint density at radius 3 is 2.07 bits per heavy atom. The summed E-state index contributed by atoms with van der Waals surface area (Å²) in [5.41, 5.74) is 7.91. The number of benzene rings is 4. The van der Waals surface area contributed by atoms with Crippen molar-refractivity contribution in [1.82, 2.24) is 0 Å². The molecule has 0 saturated carbocycles. The van der Waals surface area contributed by atoms with E-state index >= 15 is 0 Å². The van der Waals surface area contributed by atoms with Gasteiger partial charge in [0.05, 0.1) is 5.56 Å². The zero-order chi connectivity index (χ0) is 19.3. The number of carbonyl (C=O) groups is 2. The van der Waals surface area contributed by atoms with Crippen LogP contribution in [0.25, 0.3) is 10.8 Å². The van der Waals surface area contributed by atoms with E-state index in [-0.39, 0.29) is 11.6 Å². The Balaban J connectivity index is 1.68. The van der Waals surface area contributed by atoms with Crippen LogP contribution in [0.5, 0.6) is 0 Å². The molecule has 0 unspecified atom stereocenters. The lowest BCUT2D eigenvalue weighted by molar-refractivity contribution is 0.0977. The summed E-state index contributed by atoms with van der Waals surface area (Å²) in [6, 6.07) is 24.7. The van der Waals surface area contributed by atoms with Gasteiger partial charge < -0.3 is 5.73 Å². The van der Waals surface area contributed by atoms with Gasteiger partial charge in [0.15, 0.2) is 11.6 Å². The summed E-state index contributed by atoms with van der Waals surface area (Å²) >= 11 is 1.51. The molecule has 0 atom stereocenters. The molecule has 1 aliphatic carbocycles. The molecule has 5 rings (SSSR count). The summed E-state index contributed by atoms with van der Waals surface area (Å²) in [6.45, 7) is 0. The average molecular weight is 381 g/mol. The monoisotopic (exact) mass is 381 g/mol. The maximum Gasteiger partial charge on any atom is 0.196 e. The highest BCUT2D eigenvalue weighted by atomic mass is 32.2. The highest BCUT2D eigenvalue weighted by Gasteiger charge is 2.33. The number of nitrogen functional groups attached to an aromatic ring is 1. The van der Waals surface area contributed by atoms with Crippen LogP contribution in [0, 0.1) is 0 Å². The van der Waals surface area contributed by atoms with Crippen molar-refractivity contribution in [3.8, 4) is 0 Å². The van der Waals surface area contributed by atoms with Gasteiger partial charge in [0.1, 0.15) is 0 Å². The van der Waals surface area contributed by atoms with Crippen molar-refractivity contribution in [2.45, 2.75) is 9.79 Å². The topological polar surface area (TPSA) is 60.2 Å². The number of hydrogen-bond acceptors (Lipinski definition) is 4. The van der Waals surface area contributed by atoms with Gasteiger partial charge in [-0.25, -0.2) is 0 Å². The second-order valence-corrected chi connectivity index (χ2v) is 7.77. The first kappa shape index (κ1) is 16.8. The molecule has 2 N–H and O–H groups in total. The zero-order valence-corrected chi connectivity index (χ0v) is 15.6. The average Bonchev–Trinajstić information content (AvgIpc) is 2.72. The molecule has 0 amide bonds. The summed E-state index contributed by atoms with van der Waals surface area (Å²) in [6.07, 6.45) is 0. The molecule has 4 aromatic rings. The minimum absolute atomic E-state index is 0.153. The number of hydrogen-bond donors (Lipinski definition) is 1. The molecule has 134 valence electrons. The second-order valence-electron chi connectivity index (χ2n) is 6.69. The fourth-order valence-corrected chi connectivity index (χ4v) is 4.86. The van der Waals surface area contributed by atoms with Crippen LogP contribution in [0.15, 0.2) is 88.7 Å². The standard InChI is InChI=1S/C24H15NO2S/c25-18-11-4-9-16-21(18)23(26)17-10-5-13-20(22(17)24(16)27)28-19-12-3-7-14-6-1-2-8-15(14)19/h1-13H,25H2. The Morgan fingerprint density at radius 1 is 0.607 bits per heavy atom. The smallest absolute Gasteiger partial charge is 0.196 e. The summed E-state index contributed by atoms with van der Waals surface area (Å²) in [5, 5.41) is 2.25. The minimum atomic E-state index is -0.192. The van der Waals surface area contributed by atoms with Gasteiger partial charge in [0.25, 0.3) is 0 Å². The van der Waals surface area contributed by atoms with E-state index in [2.05, 4.69) is 18.2 Å². The Hall–Kier alpha value is -3.37. The number of fused-ring (bicyclic) bond motifs is 3. The predicted molar refractivity (Wildman–Crippen MR) is 112 cm³/mol. The maximum absolute atomic E-state index is 13.3. The van der Waals surface area contributed by atoms with E-state index in [1.165, 1.54) is 11.8 Å². The van der Waals surface area contributed by atoms with Gasteiger partial charge in [0.2, 0.25) is 0 Å². The fraction of sp³-hybridized carbons (Fsp3) is 0. The number of carbonyl (C=O) groups excluding carboxylic acids is 2. The molecule has 0 aromatic heterocycles. The van der Waals surface area contributed by atoms with Gasteiger partial charge >= 0.3 is 0 Å². The predicted octanol–water partition coefficient (Wildman–Crippen LogP) is 5.35. The van der Waals surface area contributed by atoms with Gasteiger partial charge in [-0.2, -0.15) is 0 Å². The molecule has 0 heterocycles. The van der Waals surface area contributed by atoms with Crippen LogP contribution in [0.3, 0.4) is 0 Å². The fourth-order valence-electron chi connectivity index (χ4n) is 3.72. The van der Waals surface area contributed by atoms with Crippen LogP contribution >= 0.6 is 11.8 Å². The Bertz CT molecular complexity index is 1290. The van der Waals surface area contributed by atoms with Crippen molar-refractivity contribution in [2.24, 2.45) is 0 Å². The van der Waals surface area contributed by atoms with Gasteiger partial charge in [0, 0.05) is 32.2 Å². The number of anilines is 1. The van der Waals surface area contributed by atoms with E-state index in [1.54, 1.807) is 24.3 Å². The molecule has 4 aromatic carbocycles. The lowest BCUT2D eigenvalue weighted by Gasteiger charge is -2.21. The zero-order valence-electron chi connectivity index (χ0n) is 14.8. The third-order valence-corrected chi connectivity index (χ3v) is 6.17. The third kappa shape index (κ3) is 2.46. The van der Waals surface area contributed by atoms with E-state index in [0.29, 0.717) is 27.9 Å². The van der Waals surface area contributed by atoms with Gasteiger partial charge in [-0.1, -0.05) is 72.4 Å². The normalized spacial score (nSPS) is 12.7. The van der Waals surface area contributed by atoms with E-state index in [4.69, 9.17) is 5.73 Å². The molecule has 3 nitrogen and oxygen atoms in total. The largest absolute Gasteiger partial charge is 0.398 e. The quantitative estimate of drug-likeness (QED) is 0.419. The SMILES string of the molecule is Nc1cccc2c1C(=O)c1cccc(Sc3cccc4ccccc34)c1C2=O. The van der Waals surface area contributed by atoms with Crippen molar-refractivity contribution in [2.75, 3.05) is 5.73 Å². The second kappa shape index (κ2) is 6.36. The highest BCUT2D eigenvalue weighted by molar-refractivity contribution is 7.99. The van der Waals surface area contributed by atoms with Gasteiger partial charge in [-0.15, -0.1) is 0 Å². The van der Waals surface area contributed by atoms with E-state index in [9.17, 15) is 9.59 Å². The molecule has 0 spiro atoms. The molecule has 4 heteroatoms. The Labute approximate surface area is 166 Å². The molecule has 28 heavy (non-hydrogen) atoms. The summed E-state index contributed by atoms with van der Waals surface area (Å²) in [5.74, 6) is -0.344. The first-order valence-corrected chi connectivity index (χ1v) is 9.73. The van der Waals surface area contributed by atoms with Crippen LogP contribution < -0.4 is 5.73 Å². The van der Waals surface area contributed by atoms with Crippen LogP contribution in [-0.2, 0) is 0 Å². The summed E-state index contributed by atoms with van der Waals surface area (Å²) < 4.78 is 0. The van der Waals surface area contributed by atoms with Crippen molar-refractivity contribution >= 4 is 39.8 Å². The molecule has 0 bridgehead atoms. The third-order valence-electron chi connectivity index (χ3n) is 5.04. The van der Waals surface area contributed by atoms with E-state index < -0.39 is 0 Å². The maximum atomic E-state index is 13.3. The van der Waals surface area contributed by atoms with Crippen LogP contribution in [0.4, 0.5) is 5.69 Å².